The lowest BCUT2D eigenvalue weighted by Crippen LogP contribution is -2.03. The van der Waals surface area contributed by atoms with Crippen LogP contribution in [-0.2, 0) is 17.5 Å². The van der Waals surface area contributed by atoms with Crippen LogP contribution < -0.4 is 0 Å². The maximum absolute atomic E-state index is 13.8. The number of alkyl halides is 3. The Morgan fingerprint density at radius 1 is 1.09 bits per heavy atom. The fraction of sp³-hybridized carbons (Fsp3) is 0.120. The van der Waals surface area contributed by atoms with Crippen molar-refractivity contribution in [2.75, 3.05) is 0 Å². The third-order valence-electron chi connectivity index (χ3n) is 5.59. The molecule has 0 radical (unpaired) electrons. The van der Waals surface area contributed by atoms with Gasteiger partial charge in [-0.15, -0.1) is 11.3 Å². The Balaban J connectivity index is 1.56. The molecule has 5 rings (SSSR count). The summed E-state index contributed by atoms with van der Waals surface area (Å²) in [5.41, 5.74) is 2.46. The fourth-order valence-corrected chi connectivity index (χ4v) is 5.36. The molecule has 0 bridgehead atoms. The first-order chi connectivity index (χ1) is 16.7. The standard InChI is InChI=1S/C25H17ClF3N3O2S/c26-17-12-31(10-9-22(33)34)19-7-4-8-20(23(17)19)32-13-18(30-14-32)21-11-16(15-5-2-1-3-6-15)24(35-21)25(27,28)29/h1-8,11-14H,9-10H2,(H,33,34). The monoisotopic (exact) mass is 515 g/mol. The number of fused-ring (bicyclic) bond motifs is 1. The molecule has 3 heterocycles. The number of aromatic nitrogens is 3. The molecule has 3 aromatic heterocycles. The largest absolute Gasteiger partial charge is 0.481 e. The van der Waals surface area contributed by atoms with Gasteiger partial charge in [-0.05, 0) is 23.8 Å². The van der Waals surface area contributed by atoms with Crippen molar-refractivity contribution in [2.45, 2.75) is 19.1 Å². The van der Waals surface area contributed by atoms with Crippen LogP contribution >= 0.6 is 22.9 Å². The van der Waals surface area contributed by atoms with Gasteiger partial charge in [-0.3, -0.25) is 4.79 Å². The molecule has 0 atom stereocenters. The average molecular weight is 516 g/mol. The van der Waals surface area contributed by atoms with E-state index in [2.05, 4.69) is 4.98 Å². The van der Waals surface area contributed by atoms with Crippen LogP contribution in [0.15, 0.2) is 73.3 Å². The zero-order valence-electron chi connectivity index (χ0n) is 18.0. The average Bonchev–Trinajstić information content (AvgIpc) is 3.55. The van der Waals surface area contributed by atoms with Crippen molar-refractivity contribution in [3.63, 3.8) is 0 Å². The summed E-state index contributed by atoms with van der Waals surface area (Å²) in [5.74, 6) is -0.914. The minimum atomic E-state index is -4.49. The number of carbonyl (C=O) groups is 1. The molecule has 1 N–H and O–H groups in total. The van der Waals surface area contributed by atoms with E-state index < -0.39 is 17.0 Å². The van der Waals surface area contributed by atoms with Gasteiger partial charge < -0.3 is 14.2 Å². The third-order valence-corrected chi connectivity index (χ3v) is 7.08. The lowest BCUT2D eigenvalue weighted by Gasteiger charge is -2.07. The minimum Gasteiger partial charge on any atom is -0.481 e. The fourth-order valence-electron chi connectivity index (χ4n) is 4.04. The SMILES string of the molecule is O=C(O)CCn1cc(Cl)c2c(-n3cnc(-c4cc(-c5ccccc5)c(C(F)(F)F)s4)c3)cccc21. The van der Waals surface area contributed by atoms with Crippen LogP contribution in [0.4, 0.5) is 13.2 Å². The molecule has 5 aromatic rings. The van der Waals surface area contributed by atoms with Gasteiger partial charge in [0.05, 0.1) is 39.5 Å². The number of benzene rings is 2. The summed E-state index contributed by atoms with van der Waals surface area (Å²) in [4.78, 5) is 15.1. The van der Waals surface area contributed by atoms with E-state index in [0.717, 1.165) is 5.52 Å². The van der Waals surface area contributed by atoms with Gasteiger partial charge in [0.25, 0.3) is 0 Å². The molecule has 2 aromatic carbocycles. The highest BCUT2D eigenvalue weighted by Gasteiger charge is 2.36. The van der Waals surface area contributed by atoms with Gasteiger partial charge in [0.2, 0.25) is 0 Å². The second kappa shape index (κ2) is 8.90. The summed E-state index contributed by atoms with van der Waals surface area (Å²) in [6.45, 7) is 0.259. The summed E-state index contributed by atoms with van der Waals surface area (Å²) in [7, 11) is 0. The Hall–Kier alpha value is -3.56. The van der Waals surface area contributed by atoms with E-state index in [9.17, 15) is 18.0 Å². The van der Waals surface area contributed by atoms with Crippen molar-refractivity contribution in [3.05, 3.63) is 83.2 Å². The molecule has 10 heteroatoms. The maximum atomic E-state index is 13.8. The Morgan fingerprint density at radius 2 is 1.86 bits per heavy atom. The van der Waals surface area contributed by atoms with E-state index in [0.29, 0.717) is 43.6 Å². The predicted octanol–water partition coefficient (Wildman–Crippen LogP) is 7.37. The molecule has 0 fully saturated rings. The quantitative estimate of drug-likeness (QED) is 0.257. The zero-order chi connectivity index (χ0) is 24.7. The summed E-state index contributed by atoms with van der Waals surface area (Å²) in [6, 6.07) is 15.5. The summed E-state index contributed by atoms with van der Waals surface area (Å²) in [5, 5.41) is 10.2. The molecule has 0 amide bonds. The van der Waals surface area contributed by atoms with Crippen molar-refractivity contribution in [2.24, 2.45) is 0 Å². The number of aryl methyl sites for hydroxylation is 1. The minimum absolute atomic E-state index is 0.0524. The highest BCUT2D eigenvalue weighted by atomic mass is 35.5. The number of carboxylic acids is 1. The highest BCUT2D eigenvalue weighted by molar-refractivity contribution is 7.16. The first kappa shape index (κ1) is 23.2. The van der Waals surface area contributed by atoms with Gasteiger partial charge in [0.1, 0.15) is 4.88 Å². The molecule has 0 aliphatic heterocycles. The number of thiophene rings is 1. The summed E-state index contributed by atoms with van der Waals surface area (Å²) in [6.07, 6.45) is 0.333. The van der Waals surface area contributed by atoms with Crippen LogP contribution in [0, 0.1) is 0 Å². The van der Waals surface area contributed by atoms with E-state index in [-0.39, 0.29) is 18.5 Å². The van der Waals surface area contributed by atoms with Crippen molar-refractivity contribution in [1.29, 1.82) is 0 Å². The molecule has 0 aliphatic rings. The maximum Gasteiger partial charge on any atom is 0.426 e. The molecule has 0 unspecified atom stereocenters. The van der Waals surface area contributed by atoms with Gasteiger partial charge in [-0.25, -0.2) is 4.98 Å². The van der Waals surface area contributed by atoms with Crippen molar-refractivity contribution < 1.29 is 23.1 Å². The molecule has 178 valence electrons. The van der Waals surface area contributed by atoms with Gasteiger partial charge in [0.15, 0.2) is 0 Å². The van der Waals surface area contributed by atoms with Crippen LogP contribution in [0.5, 0.6) is 0 Å². The molecule has 0 aliphatic carbocycles. The topological polar surface area (TPSA) is 60.0 Å². The van der Waals surface area contributed by atoms with Crippen LogP contribution in [-0.4, -0.2) is 25.2 Å². The number of halogens is 4. The number of rotatable bonds is 6. The smallest absolute Gasteiger partial charge is 0.426 e. The highest BCUT2D eigenvalue weighted by Crippen LogP contribution is 2.45. The normalized spacial score (nSPS) is 11.9. The van der Waals surface area contributed by atoms with E-state index in [1.165, 1.54) is 12.4 Å². The summed E-state index contributed by atoms with van der Waals surface area (Å²) < 4.78 is 44.9. The first-order valence-electron chi connectivity index (χ1n) is 10.5. The van der Waals surface area contributed by atoms with Gasteiger partial charge in [-0.2, -0.15) is 13.2 Å². The molecule has 5 nitrogen and oxygen atoms in total. The van der Waals surface area contributed by atoms with Gasteiger partial charge >= 0.3 is 12.1 Å². The van der Waals surface area contributed by atoms with Gasteiger partial charge in [-0.1, -0.05) is 48.0 Å². The summed E-state index contributed by atoms with van der Waals surface area (Å²) >= 11 is 7.15. The van der Waals surface area contributed by atoms with Crippen molar-refractivity contribution in [1.82, 2.24) is 14.1 Å². The van der Waals surface area contributed by atoms with Crippen LogP contribution in [0.25, 0.3) is 38.3 Å². The number of hydrogen-bond acceptors (Lipinski definition) is 3. The van der Waals surface area contributed by atoms with Gasteiger partial charge in [0, 0.05) is 29.9 Å². The molecule has 0 spiro atoms. The van der Waals surface area contributed by atoms with Crippen molar-refractivity contribution >= 4 is 39.8 Å². The number of nitrogens with zero attached hydrogens (tertiary/aromatic N) is 3. The lowest BCUT2D eigenvalue weighted by atomic mass is 10.1. The Morgan fingerprint density at radius 3 is 2.57 bits per heavy atom. The number of aliphatic carboxylic acids is 1. The Bertz CT molecular complexity index is 1540. The van der Waals surface area contributed by atoms with E-state index >= 15 is 0 Å². The second-order valence-electron chi connectivity index (χ2n) is 7.87. The van der Waals surface area contributed by atoms with E-state index in [4.69, 9.17) is 16.7 Å². The third kappa shape index (κ3) is 4.44. The number of imidazole rings is 1. The van der Waals surface area contributed by atoms with E-state index in [1.807, 2.05) is 18.2 Å². The molecule has 0 saturated carbocycles. The van der Waals surface area contributed by atoms with Crippen molar-refractivity contribution in [3.8, 4) is 27.4 Å². The van der Waals surface area contributed by atoms with Crippen LogP contribution in [0.1, 0.15) is 11.3 Å². The number of carboxylic acid groups (broad SMARTS) is 1. The van der Waals surface area contributed by atoms with E-state index in [1.54, 1.807) is 51.9 Å². The first-order valence-corrected chi connectivity index (χ1v) is 11.7. The zero-order valence-corrected chi connectivity index (χ0v) is 19.5. The molecule has 35 heavy (non-hydrogen) atoms. The number of hydrogen-bond donors (Lipinski definition) is 1. The Kier molecular flexibility index (Phi) is 5.90. The molecular weight excluding hydrogens is 499 g/mol. The Labute approximate surface area is 206 Å². The molecular formula is C25H17ClF3N3O2S. The van der Waals surface area contributed by atoms with Crippen LogP contribution in [0.2, 0.25) is 5.02 Å². The lowest BCUT2D eigenvalue weighted by molar-refractivity contribution is -0.137. The van der Waals surface area contributed by atoms with Crippen LogP contribution in [0.3, 0.4) is 0 Å². The predicted molar refractivity (Wildman–Crippen MR) is 130 cm³/mol. The second-order valence-corrected chi connectivity index (χ2v) is 9.33. The molecule has 0 saturated heterocycles.